The molecule has 23 heavy (non-hydrogen) atoms. The number of nitrogens with zero attached hydrogens (tertiary/aromatic N) is 1. The number of halogens is 3. The second-order valence-electron chi connectivity index (χ2n) is 4.89. The van der Waals surface area contributed by atoms with E-state index in [2.05, 4.69) is 15.6 Å². The van der Waals surface area contributed by atoms with Crippen molar-refractivity contribution < 1.29 is 18.0 Å². The van der Waals surface area contributed by atoms with Crippen LogP contribution in [0.1, 0.15) is 30.3 Å². The summed E-state index contributed by atoms with van der Waals surface area (Å²) >= 11 is 0. The fourth-order valence-electron chi connectivity index (χ4n) is 1.85. The molecule has 2 rings (SSSR count). The Bertz CT molecular complexity index is 690. The van der Waals surface area contributed by atoms with E-state index in [1.165, 1.54) is 18.3 Å². The molecule has 1 heterocycles. The highest BCUT2D eigenvalue weighted by molar-refractivity contribution is 5.92. The van der Waals surface area contributed by atoms with Crippen molar-refractivity contribution in [3.63, 3.8) is 0 Å². The molecule has 0 aliphatic carbocycles. The molecule has 4 nitrogen and oxygen atoms in total. The van der Waals surface area contributed by atoms with E-state index < -0.39 is 17.5 Å². The topological polar surface area (TPSA) is 54.0 Å². The molecule has 0 bridgehead atoms. The molecule has 2 aromatic rings. The standard InChI is InChI=1S/C16H16F3N3O/c1-2-3-8-20-16(23)13-6-4-10(9-21-13)22-12-7-5-11(17)14(18)15(12)19/h4-7,9,22H,2-3,8H2,1H3,(H,20,23). The Hall–Kier alpha value is -2.57. The molecule has 0 atom stereocenters. The van der Waals surface area contributed by atoms with Crippen LogP contribution in [0.3, 0.4) is 0 Å². The molecule has 0 aliphatic heterocycles. The highest BCUT2D eigenvalue weighted by Gasteiger charge is 2.13. The summed E-state index contributed by atoms with van der Waals surface area (Å²) in [5.74, 6) is -4.42. The Morgan fingerprint density at radius 2 is 1.91 bits per heavy atom. The number of hydrogen-bond donors (Lipinski definition) is 2. The quantitative estimate of drug-likeness (QED) is 0.628. The number of hydrogen-bond acceptors (Lipinski definition) is 3. The summed E-state index contributed by atoms with van der Waals surface area (Å²) in [6.45, 7) is 2.58. The Morgan fingerprint density at radius 3 is 2.57 bits per heavy atom. The van der Waals surface area contributed by atoms with Gasteiger partial charge >= 0.3 is 0 Å². The maximum atomic E-state index is 13.6. The second-order valence-corrected chi connectivity index (χ2v) is 4.89. The number of pyridine rings is 1. The number of carbonyl (C=O) groups excluding carboxylic acids is 1. The van der Waals surface area contributed by atoms with E-state index in [9.17, 15) is 18.0 Å². The largest absolute Gasteiger partial charge is 0.352 e. The number of benzene rings is 1. The van der Waals surface area contributed by atoms with E-state index in [1.807, 2.05) is 6.92 Å². The van der Waals surface area contributed by atoms with E-state index in [1.54, 1.807) is 0 Å². The number of rotatable bonds is 6. The van der Waals surface area contributed by atoms with Crippen LogP contribution in [0.5, 0.6) is 0 Å². The van der Waals surface area contributed by atoms with Gasteiger partial charge in [0.1, 0.15) is 5.69 Å². The van der Waals surface area contributed by atoms with Crippen LogP contribution in [0.2, 0.25) is 0 Å². The van der Waals surface area contributed by atoms with Gasteiger partial charge in [0.2, 0.25) is 0 Å². The molecule has 122 valence electrons. The van der Waals surface area contributed by atoms with Crippen molar-refractivity contribution in [1.82, 2.24) is 10.3 Å². The van der Waals surface area contributed by atoms with Crippen LogP contribution in [0.4, 0.5) is 24.5 Å². The molecule has 1 aromatic heterocycles. The van der Waals surface area contributed by atoms with Gasteiger partial charge in [-0.1, -0.05) is 13.3 Å². The summed E-state index contributed by atoms with van der Waals surface area (Å²) in [6.07, 6.45) is 3.16. The molecule has 2 N–H and O–H groups in total. The van der Waals surface area contributed by atoms with Crippen LogP contribution in [-0.4, -0.2) is 17.4 Å². The fourth-order valence-corrected chi connectivity index (χ4v) is 1.85. The van der Waals surface area contributed by atoms with Crippen LogP contribution in [0.25, 0.3) is 0 Å². The lowest BCUT2D eigenvalue weighted by molar-refractivity contribution is 0.0948. The van der Waals surface area contributed by atoms with Crippen molar-refractivity contribution in [2.75, 3.05) is 11.9 Å². The smallest absolute Gasteiger partial charge is 0.269 e. The van der Waals surface area contributed by atoms with E-state index in [-0.39, 0.29) is 17.3 Å². The summed E-state index contributed by atoms with van der Waals surface area (Å²) in [4.78, 5) is 15.7. The van der Waals surface area contributed by atoms with Crippen LogP contribution >= 0.6 is 0 Å². The van der Waals surface area contributed by atoms with E-state index >= 15 is 0 Å². The van der Waals surface area contributed by atoms with Gasteiger partial charge in [-0.15, -0.1) is 0 Å². The van der Waals surface area contributed by atoms with Gasteiger partial charge in [-0.3, -0.25) is 4.79 Å². The third-order valence-electron chi connectivity index (χ3n) is 3.13. The van der Waals surface area contributed by atoms with Crippen molar-refractivity contribution in [2.24, 2.45) is 0 Å². The summed E-state index contributed by atoms with van der Waals surface area (Å²) in [5, 5.41) is 5.30. The van der Waals surface area contributed by atoms with Gasteiger partial charge in [0, 0.05) is 6.54 Å². The second kappa shape index (κ2) is 7.62. The summed E-state index contributed by atoms with van der Waals surface area (Å²) in [7, 11) is 0. The van der Waals surface area contributed by atoms with Gasteiger partial charge in [0.05, 0.1) is 17.6 Å². The van der Waals surface area contributed by atoms with E-state index in [4.69, 9.17) is 0 Å². The minimum atomic E-state index is -1.55. The first-order valence-electron chi connectivity index (χ1n) is 7.17. The van der Waals surface area contributed by atoms with Gasteiger partial charge in [0.25, 0.3) is 5.91 Å². The normalized spacial score (nSPS) is 10.4. The number of aromatic nitrogens is 1. The van der Waals surface area contributed by atoms with Gasteiger partial charge < -0.3 is 10.6 Å². The lowest BCUT2D eigenvalue weighted by Crippen LogP contribution is -2.25. The van der Waals surface area contributed by atoms with Crippen LogP contribution < -0.4 is 10.6 Å². The summed E-state index contributed by atoms with van der Waals surface area (Å²) in [5.41, 5.74) is 0.350. The maximum Gasteiger partial charge on any atom is 0.269 e. The van der Waals surface area contributed by atoms with Crippen molar-refractivity contribution in [1.29, 1.82) is 0 Å². The Labute approximate surface area is 131 Å². The molecule has 0 aliphatic rings. The van der Waals surface area contributed by atoms with Crippen LogP contribution in [0, 0.1) is 17.5 Å². The minimum absolute atomic E-state index is 0.217. The molecular formula is C16H16F3N3O. The zero-order valence-corrected chi connectivity index (χ0v) is 12.5. The van der Waals surface area contributed by atoms with Crippen LogP contribution in [-0.2, 0) is 0 Å². The predicted octanol–water partition coefficient (Wildman–Crippen LogP) is 3.77. The highest BCUT2D eigenvalue weighted by Crippen LogP contribution is 2.23. The molecule has 0 saturated carbocycles. The SMILES string of the molecule is CCCCNC(=O)c1ccc(Nc2ccc(F)c(F)c2F)cn1. The third-order valence-corrected chi connectivity index (χ3v) is 3.13. The van der Waals surface area contributed by atoms with Crippen LogP contribution in [0.15, 0.2) is 30.5 Å². The third kappa shape index (κ3) is 4.21. The van der Waals surface area contributed by atoms with Crippen molar-refractivity contribution >= 4 is 17.3 Å². The molecule has 7 heteroatoms. The fraction of sp³-hybridized carbons (Fsp3) is 0.250. The Balaban J connectivity index is 2.06. The molecule has 0 spiro atoms. The zero-order chi connectivity index (χ0) is 16.8. The molecule has 1 aromatic carbocycles. The van der Waals surface area contributed by atoms with Crippen molar-refractivity contribution in [2.45, 2.75) is 19.8 Å². The van der Waals surface area contributed by atoms with E-state index in [0.29, 0.717) is 12.2 Å². The number of anilines is 2. The average Bonchev–Trinajstić information content (AvgIpc) is 2.56. The first kappa shape index (κ1) is 16.8. The molecular weight excluding hydrogens is 307 g/mol. The molecule has 0 fully saturated rings. The molecule has 0 radical (unpaired) electrons. The maximum absolute atomic E-state index is 13.6. The summed E-state index contributed by atoms with van der Waals surface area (Å²) in [6, 6.07) is 4.87. The van der Waals surface area contributed by atoms with Gasteiger partial charge in [-0.25, -0.2) is 18.2 Å². The number of unbranched alkanes of at least 4 members (excludes halogenated alkanes) is 1. The first-order valence-corrected chi connectivity index (χ1v) is 7.17. The number of nitrogens with one attached hydrogen (secondary N) is 2. The summed E-state index contributed by atoms with van der Waals surface area (Å²) < 4.78 is 39.6. The van der Waals surface area contributed by atoms with Crippen molar-refractivity contribution in [3.8, 4) is 0 Å². The Morgan fingerprint density at radius 1 is 1.13 bits per heavy atom. The lowest BCUT2D eigenvalue weighted by Gasteiger charge is -2.09. The van der Waals surface area contributed by atoms with Gasteiger partial charge in [-0.2, -0.15) is 0 Å². The van der Waals surface area contributed by atoms with Gasteiger partial charge in [0.15, 0.2) is 17.5 Å². The zero-order valence-electron chi connectivity index (χ0n) is 12.5. The number of carbonyl (C=O) groups is 1. The number of amides is 1. The molecule has 0 saturated heterocycles. The van der Waals surface area contributed by atoms with Crippen molar-refractivity contribution in [3.05, 3.63) is 53.6 Å². The monoisotopic (exact) mass is 323 g/mol. The first-order chi connectivity index (χ1) is 11.0. The van der Waals surface area contributed by atoms with Gasteiger partial charge in [-0.05, 0) is 30.7 Å². The van der Waals surface area contributed by atoms with E-state index in [0.717, 1.165) is 25.0 Å². The molecule has 1 amide bonds. The minimum Gasteiger partial charge on any atom is -0.352 e. The predicted molar refractivity (Wildman–Crippen MR) is 81.1 cm³/mol. The Kier molecular flexibility index (Phi) is 5.56. The lowest BCUT2D eigenvalue weighted by atomic mass is 10.2. The average molecular weight is 323 g/mol. The molecule has 0 unspecified atom stereocenters. The highest BCUT2D eigenvalue weighted by atomic mass is 19.2.